The molecule has 1 N–H and O–H groups in total. The molecule has 0 aliphatic rings. The number of aliphatic hydroxyl groups excluding tert-OH is 1. The first kappa shape index (κ1) is 14.8. The number of hydrogen-bond acceptors (Lipinski definition) is 2. The normalized spacial score (nSPS) is 13.5. The number of hydrogen-bond donors (Lipinski definition) is 1. The zero-order valence-corrected chi connectivity index (χ0v) is 12.7. The Morgan fingerprint density at radius 3 is 2.18 bits per heavy atom. The fourth-order valence-electron chi connectivity index (χ4n) is 2.63. The van der Waals surface area contributed by atoms with E-state index in [0.717, 1.165) is 11.3 Å². The Balaban J connectivity index is 2.08. The number of benzene rings is 2. The molecule has 0 aliphatic heterocycles. The number of nitrogens with zero attached hydrogens (tertiary/aromatic N) is 1. The molecule has 0 fully saturated rings. The molecule has 0 unspecified atom stereocenters. The van der Waals surface area contributed by atoms with Crippen LogP contribution in [-0.2, 0) is 0 Å². The van der Waals surface area contributed by atoms with Gasteiger partial charge in [0.25, 0.3) is 0 Å². The summed E-state index contributed by atoms with van der Waals surface area (Å²) in [5, 5.41) is 11.5. The van der Waals surface area contributed by atoms with Crippen molar-refractivity contribution >= 4 is 11.6 Å². The molecule has 0 bridgehead atoms. The van der Waals surface area contributed by atoms with Gasteiger partial charge in [0, 0.05) is 16.8 Å². The SMILES string of the molecule is O[C@H](c1ccccc1Cl)[C@H](c1ccccc1)c1ccccn1. The lowest BCUT2D eigenvalue weighted by atomic mass is 9.86. The molecule has 3 heteroatoms. The highest BCUT2D eigenvalue weighted by molar-refractivity contribution is 6.31. The smallest absolute Gasteiger partial charge is 0.0928 e. The lowest BCUT2D eigenvalue weighted by Crippen LogP contribution is -2.14. The zero-order chi connectivity index (χ0) is 15.4. The Bertz CT molecular complexity index is 691. The second kappa shape index (κ2) is 6.73. The van der Waals surface area contributed by atoms with Crippen LogP contribution in [0.2, 0.25) is 5.02 Å². The predicted octanol–water partition coefficient (Wildman–Crippen LogP) is 4.60. The molecule has 1 aromatic heterocycles. The van der Waals surface area contributed by atoms with E-state index in [0.29, 0.717) is 10.6 Å². The van der Waals surface area contributed by atoms with Crippen molar-refractivity contribution in [3.63, 3.8) is 0 Å². The van der Waals surface area contributed by atoms with E-state index < -0.39 is 6.10 Å². The fraction of sp³-hybridized carbons (Fsp3) is 0.105. The van der Waals surface area contributed by atoms with Gasteiger partial charge in [-0.15, -0.1) is 0 Å². The summed E-state index contributed by atoms with van der Waals surface area (Å²) in [4.78, 5) is 4.43. The number of pyridine rings is 1. The summed E-state index contributed by atoms with van der Waals surface area (Å²) in [6.45, 7) is 0. The molecule has 2 nitrogen and oxygen atoms in total. The molecule has 0 saturated heterocycles. The quantitative estimate of drug-likeness (QED) is 0.764. The maximum Gasteiger partial charge on any atom is 0.0928 e. The topological polar surface area (TPSA) is 33.1 Å². The van der Waals surface area contributed by atoms with Gasteiger partial charge in [0.15, 0.2) is 0 Å². The lowest BCUT2D eigenvalue weighted by Gasteiger charge is -2.24. The van der Waals surface area contributed by atoms with Gasteiger partial charge >= 0.3 is 0 Å². The molecular weight excluding hydrogens is 294 g/mol. The molecule has 0 amide bonds. The van der Waals surface area contributed by atoms with Gasteiger partial charge in [0.2, 0.25) is 0 Å². The number of rotatable bonds is 4. The Morgan fingerprint density at radius 1 is 0.818 bits per heavy atom. The van der Waals surface area contributed by atoms with Crippen LogP contribution >= 0.6 is 11.6 Å². The van der Waals surface area contributed by atoms with Crippen molar-refractivity contribution < 1.29 is 5.11 Å². The van der Waals surface area contributed by atoms with Gasteiger partial charge < -0.3 is 5.11 Å². The van der Waals surface area contributed by atoms with E-state index >= 15 is 0 Å². The average Bonchev–Trinajstić information content (AvgIpc) is 2.57. The summed E-state index contributed by atoms with van der Waals surface area (Å²) in [7, 11) is 0. The largest absolute Gasteiger partial charge is 0.387 e. The Labute approximate surface area is 135 Å². The molecule has 3 rings (SSSR count). The first-order valence-electron chi connectivity index (χ1n) is 7.16. The molecular formula is C19H16ClNO. The maximum atomic E-state index is 10.9. The highest BCUT2D eigenvalue weighted by atomic mass is 35.5. The molecule has 0 radical (unpaired) electrons. The summed E-state index contributed by atoms with van der Waals surface area (Å²) in [5.74, 6) is -0.262. The van der Waals surface area contributed by atoms with E-state index in [1.807, 2.05) is 66.7 Å². The van der Waals surface area contributed by atoms with E-state index in [4.69, 9.17) is 11.6 Å². The molecule has 1 heterocycles. The molecule has 0 saturated carbocycles. The van der Waals surface area contributed by atoms with E-state index in [1.165, 1.54) is 0 Å². The zero-order valence-electron chi connectivity index (χ0n) is 11.9. The number of aliphatic hydroxyl groups is 1. The van der Waals surface area contributed by atoms with Gasteiger partial charge in [-0.05, 0) is 23.8 Å². The second-order valence-corrected chi connectivity index (χ2v) is 5.52. The summed E-state index contributed by atoms with van der Waals surface area (Å²) in [5.41, 5.74) is 2.54. The van der Waals surface area contributed by atoms with Gasteiger partial charge in [-0.1, -0.05) is 66.2 Å². The summed E-state index contributed by atoms with van der Waals surface area (Å²) in [6.07, 6.45) is 0.982. The first-order valence-corrected chi connectivity index (χ1v) is 7.53. The van der Waals surface area contributed by atoms with Crippen molar-refractivity contribution in [1.82, 2.24) is 4.98 Å². The van der Waals surface area contributed by atoms with Gasteiger partial charge in [0.05, 0.1) is 17.7 Å². The monoisotopic (exact) mass is 309 g/mol. The number of aromatic nitrogens is 1. The minimum atomic E-state index is -0.758. The van der Waals surface area contributed by atoms with Gasteiger partial charge in [-0.25, -0.2) is 0 Å². The second-order valence-electron chi connectivity index (χ2n) is 5.11. The van der Waals surface area contributed by atoms with Crippen molar-refractivity contribution in [2.75, 3.05) is 0 Å². The molecule has 22 heavy (non-hydrogen) atoms. The third kappa shape index (κ3) is 3.03. The predicted molar refractivity (Wildman–Crippen MR) is 88.9 cm³/mol. The van der Waals surface area contributed by atoms with Crippen molar-refractivity contribution in [3.8, 4) is 0 Å². The summed E-state index contributed by atoms with van der Waals surface area (Å²) < 4.78 is 0. The van der Waals surface area contributed by atoms with Crippen LogP contribution in [0.5, 0.6) is 0 Å². The van der Waals surface area contributed by atoms with Crippen LogP contribution in [0.15, 0.2) is 79.0 Å². The first-order chi connectivity index (χ1) is 10.8. The van der Waals surface area contributed by atoms with Crippen LogP contribution in [0.25, 0.3) is 0 Å². The van der Waals surface area contributed by atoms with Crippen molar-refractivity contribution in [3.05, 3.63) is 101 Å². The third-order valence-corrected chi connectivity index (χ3v) is 4.05. The Morgan fingerprint density at radius 2 is 1.50 bits per heavy atom. The molecule has 0 spiro atoms. The lowest BCUT2D eigenvalue weighted by molar-refractivity contribution is 0.157. The minimum Gasteiger partial charge on any atom is -0.387 e. The van der Waals surface area contributed by atoms with Gasteiger partial charge in [-0.3, -0.25) is 4.98 Å². The highest BCUT2D eigenvalue weighted by Gasteiger charge is 2.26. The Kier molecular flexibility index (Phi) is 4.52. The fourth-order valence-corrected chi connectivity index (χ4v) is 2.88. The standard InChI is InChI=1S/C19H16ClNO/c20-16-11-5-4-10-15(16)19(22)18(14-8-2-1-3-9-14)17-12-6-7-13-21-17/h1-13,18-19,22H/t18-,19-/m1/s1. The Hall–Kier alpha value is -2.16. The summed E-state index contributed by atoms with van der Waals surface area (Å²) >= 11 is 6.26. The highest BCUT2D eigenvalue weighted by Crippen LogP contribution is 2.38. The molecule has 110 valence electrons. The van der Waals surface area contributed by atoms with Crippen LogP contribution in [0.3, 0.4) is 0 Å². The van der Waals surface area contributed by atoms with E-state index in [2.05, 4.69) is 4.98 Å². The van der Waals surface area contributed by atoms with Crippen molar-refractivity contribution in [2.45, 2.75) is 12.0 Å². The molecule has 0 aliphatic carbocycles. The maximum absolute atomic E-state index is 10.9. The van der Waals surface area contributed by atoms with Crippen molar-refractivity contribution in [2.24, 2.45) is 0 Å². The van der Waals surface area contributed by atoms with Crippen LogP contribution < -0.4 is 0 Å². The average molecular weight is 310 g/mol. The molecule has 3 aromatic rings. The van der Waals surface area contributed by atoms with Crippen molar-refractivity contribution in [1.29, 1.82) is 0 Å². The van der Waals surface area contributed by atoms with E-state index in [9.17, 15) is 5.11 Å². The van der Waals surface area contributed by atoms with E-state index in [-0.39, 0.29) is 5.92 Å². The third-order valence-electron chi connectivity index (χ3n) is 3.70. The molecule has 2 aromatic carbocycles. The number of halogens is 1. The van der Waals surface area contributed by atoms with Crippen LogP contribution in [-0.4, -0.2) is 10.1 Å². The minimum absolute atomic E-state index is 0.262. The van der Waals surface area contributed by atoms with Crippen LogP contribution in [0, 0.1) is 0 Å². The van der Waals surface area contributed by atoms with E-state index in [1.54, 1.807) is 12.3 Å². The van der Waals surface area contributed by atoms with Gasteiger partial charge in [-0.2, -0.15) is 0 Å². The van der Waals surface area contributed by atoms with Gasteiger partial charge in [0.1, 0.15) is 0 Å². The summed E-state index contributed by atoms with van der Waals surface area (Å²) in [6, 6.07) is 23.0. The van der Waals surface area contributed by atoms with Crippen LogP contribution in [0.1, 0.15) is 28.8 Å². The van der Waals surface area contributed by atoms with Crippen LogP contribution in [0.4, 0.5) is 0 Å². The molecule has 2 atom stereocenters.